The number of aryl methyl sites for hydroxylation is 1. The topological polar surface area (TPSA) is 72.7 Å². The molecule has 1 unspecified atom stereocenters. The van der Waals surface area contributed by atoms with Crippen molar-refractivity contribution in [3.8, 4) is 11.3 Å². The van der Waals surface area contributed by atoms with Crippen LogP contribution in [0.4, 0.5) is 0 Å². The lowest BCUT2D eigenvalue weighted by atomic mass is 10.0. The Morgan fingerprint density at radius 3 is 2.79 bits per heavy atom. The number of para-hydroxylation sites is 1. The van der Waals surface area contributed by atoms with Gasteiger partial charge in [0.2, 0.25) is 0 Å². The minimum Gasteiger partial charge on any atom is -0.349 e. The summed E-state index contributed by atoms with van der Waals surface area (Å²) in [4.78, 5) is 22.0. The number of carbonyl (C=O) groups excluding carboxylic acids is 1. The van der Waals surface area contributed by atoms with Crippen molar-refractivity contribution in [2.24, 2.45) is 0 Å². The number of fused-ring (bicyclic) bond motifs is 1. The summed E-state index contributed by atoms with van der Waals surface area (Å²) in [5, 5.41) is 8.29. The third-order valence-electron chi connectivity index (χ3n) is 4.86. The first-order chi connectivity index (χ1) is 14.1. The first-order valence-corrected chi connectivity index (χ1v) is 9.76. The van der Waals surface area contributed by atoms with Crippen LogP contribution in [0.5, 0.6) is 0 Å². The van der Waals surface area contributed by atoms with E-state index in [1.165, 1.54) is 0 Å². The van der Waals surface area contributed by atoms with Crippen LogP contribution in [-0.2, 0) is 13.0 Å². The van der Waals surface area contributed by atoms with Gasteiger partial charge in [0.15, 0.2) is 0 Å². The second-order valence-corrected chi connectivity index (χ2v) is 7.10. The van der Waals surface area contributed by atoms with Gasteiger partial charge in [-0.1, -0.05) is 24.3 Å². The standard InChI is InChI=1S/C23H23N5O/c1-3-28-15-18(14-25-28)22-12-20(19-8-4-5-9-21(19)27-22)23(29)26-16(2)11-17-7-6-10-24-13-17/h4-10,12-16H,3,11H2,1-2H3,(H,26,29). The third-order valence-corrected chi connectivity index (χ3v) is 4.86. The number of hydrogen-bond donors (Lipinski definition) is 1. The highest BCUT2D eigenvalue weighted by Crippen LogP contribution is 2.25. The molecule has 4 aromatic rings. The average Bonchev–Trinajstić information content (AvgIpc) is 3.23. The predicted molar refractivity (Wildman–Crippen MR) is 114 cm³/mol. The molecule has 6 heteroatoms. The van der Waals surface area contributed by atoms with Crippen molar-refractivity contribution in [2.75, 3.05) is 0 Å². The Bertz CT molecular complexity index is 1140. The van der Waals surface area contributed by atoms with Gasteiger partial charge < -0.3 is 5.32 Å². The molecule has 0 saturated carbocycles. The van der Waals surface area contributed by atoms with Crippen molar-refractivity contribution in [3.05, 3.63) is 78.4 Å². The summed E-state index contributed by atoms with van der Waals surface area (Å²) in [6.07, 6.45) is 8.03. The van der Waals surface area contributed by atoms with Crippen LogP contribution in [0.25, 0.3) is 22.2 Å². The fourth-order valence-corrected chi connectivity index (χ4v) is 3.40. The SMILES string of the molecule is CCn1cc(-c2cc(C(=O)NC(C)Cc3cccnc3)c3ccccc3n2)cn1. The smallest absolute Gasteiger partial charge is 0.252 e. The van der Waals surface area contributed by atoms with Crippen LogP contribution in [0.3, 0.4) is 0 Å². The Morgan fingerprint density at radius 1 is 1.17 bits per heavy atom. The Labute approximate surface area is 169 Å². The van der Waals surface area contributed by atoms with Gasteiger partial charge in [-0.15, -0.1) is 0 Å². The molecular formula is C23H23N5O. The molecule has 0 aliphatic carbocycles. The molecule has 1 amide bonds. The summed E-state index contributed by atoms with van der Waals surface area (Å²) >= 11 is 0. The monoisotopic (exact) mass is 385 g/mol. The molecule has 0 saturated heterocycles. The summed E-state index contributed by atoms with van der Waals surface area (Å²) in [6.45, 7) is 4.82. The van der Waals surface area contributed by atoms with Gasteiger partial charge in [-0.05, 0) is 44.0 Å². The van der Waals surface area contributed by atoms with Crippen molar-refractivity contribution in [1.29, 1.82) is 0 Å². The molecule has 0 radical (unpaired) electrons. The van der Waals surface area contributed by atoms with E-state index >= 15 is 0 Å². The summed E-state index contributed by atoms with van der Waals surface area (Å²) in [5.74, 6) is -0.107. The normalized spacial score (nSPS) is 12.1. The maximum absolute atomic E-state index is 13.1. The van der Waals surface area contributed by atoms with E-state index in [2.05, 4.69) is 15.4 Å². The lowest BCUT2D eigenvalue weighted by molar-refractivity contribution is 0.0941. The number of nitrogens with one attached hydrogen (secondary N) is 1. The second-order valence-electron chi connectivity index (χ2n) is 7.10. The highest BCUT2D eigenvalue weighted by molar-refractivity contribution is 6.07. The van der Waals surface area contributed by atoms with Crippen LogP contribution >= 0.6 is 0 Å². The van der Waals surface area contributed by atoms with Crippen molar-refractivity contribution in [3.63, 3.8) is 0 Å². The lowest BCUT2D eigenvalue weighted by Gasteiger charge is -2.15. The summed E-state index contributed by atoms with van der Waals surface area (Å²) in [5.41, 5.74) is 4.14. The van der Waals surface area contributed by atoms with E-state index in [1.54, 1.807) is 12.4 Å². The van der Waals surface area contributed by atoms with Crippen molar-refractivity contribution < 1.29 is 4.79 Å². The van der Waals surface area contributed by atoms with Crippen LogP contribution < -0.4 is 5.32 Å². The second kappa shape index (κ2) is 8.22. The minimum absolute atomic E-state index is 0.0232. The molecule has 3 heterocycles. The minimum atomic E-state index is -0.107. The summed E-state index contributed by atoms with van der Waals surface area (Å²) in [6, 6.07) is 13.5. The van der Waals surface area contributed by atoms with Gasteiger partial charge in [-0.2, -0.15) is 5.10 Å². The van der Waals surface area contributed by atoms with E-state index in [1.807, 2.05) is 73.4 Å². The zero-order valence-electron chi connectivity index (χ0n) is 16.5. The molecule has 1 N–H and O–H groups in total. The Balaban J connectivity index is 1.65. The van der Waals surface area contributed by atoms with Gasteiger partial charge in [-0.25, -0.2) is 4.98 Å². The van der Waals surface area contributed by atoms with E-state index in [9.17, 15) is 4.79 Å². The molecule has 1 atom stereocenters. The highest BCUT2D eigenvalue weighted by atomic mass is 16.1. The maximum atomic E-state index is 13.1. The molecule has 1 aromatic carbocycles. The lowest BCUT2D eigenvalue weighted by Crippen LogP contribution is -2.34. The van der Waals surface area contributed by atoms with Gasteiger partial charge in [-0.3, -0.25) is 14.5 Å². The van der Waals surface area contributed by atoms with Gasteiger partial charge in [0.05, 0.1) is 23.0 Å². The van der Waals surface area contributed by atoms with Crippen molar-refractivity contribution in [1.82, 2.24) is 25.1 Å². The van der Waals surface area contributed by atoms with Gasteiger partial charge in [0.1, 0.15) is 0 Å². The number of nitrogens with zero attached hydrogens (tertiary/aromatic N) is 4. The first-order valence-electron chi connectivity index (χ1n) is 9.76. The largest absolute Gasteiger partial charge is 0.349 e. The number of rotatable bonds is 6. The molecule has 0 fully saturated rings. The number of benzene rings is 1. The van der Waals surface area contributed by atoms with Crippen LogP contribution in [0.15, 0.2) is 67.3 Å². The highest BCUT2D eigenvalue weighted by Gasteiger charge is 2.16. The molecule has 29 heavy (non-hydrogen) atoms. The molecule has 0 spiro atoms. The molecule has 4 rings (SSSR count). The van der Waals surface area contributed by atoms with E-state index in [0.29, 0.717) is 5.56 Å². The number of pyridine rings is 2. The van der Waals surface area contributed by atoms with Crippen LogP contribution in [0, 0.1) is 0 Å². The quantitative estimate of drug-likeness (QED) is 0.547. The Kier molecular flexibility index (Phi) is 5.33. The van der Waals surface area contributed by atoms with Crippen molar-refractivity contribution in [2.45, 2.75) is 32.9 Å². The van der Waals surface area contributed by atoms with E-state index in [-0.39, 0.29) is 11.9 Å². The molecule has 0 bridgehead atoms. The Hall–Kier alpha value is -3.54. The van der Waals surface area contributed by atoms with Gasteiger partial charge >= 0.3 is 0 Å². The molecular weight excluding hydrogens is 362 g/mol. The van der Waals surface area contributed by atoms with E-state index in [0.717, 1.165) is 40.7 Å². The van der Waals surface area contributed by atoms with Crippen LogP contribution in [0.1, 0.15) is 29.8 Å². The van der Waals surface area contributed by atoms with Crippen LogP contribution in [0.2, 0.25) is 0 Å². The molecule has 6 nitrogen and oxygen atoms in total. The fourth-order valence-electron chi connectivity index (χ4n) is 3.40. The molecule has 3 aromatic heterocycles. The zero-order valence-corrected chi connectivity index (χ0v) is 16.5. The number of aromatic nitrogens is 4. The number of hydrogen-bond acceptors (Lipinski definition) is 4. The molecule has 0 aliphatic heterocycles. The summed E-state index contributed by atoms with van der Waals surface area (Å²) in [7, 11) is 0. The number of carbonyl (C=O) groups is 1. The van der Waals surface area contributed by atoms with Gasteiger partial charge in [0.25, 0.3) is 5.91 Å². The average molecular weight is 385 g/mol. The zero-order chi connectivity index (χ0) is 20.2. The molecule has 0 aliphatic rings. The summed E-state index contributed by atoms with van der Waals surface area (Å²) < 4.78 is 1.85. The Morgan fingerprint density at radius 2 is 2.03 bits per heavy atom. The third kappa shape index (κ3) is 4.16. The van der Waals surface area contributed by atoms with E-state index < -0.39 is 0 Å². The predicted octanol–water partition coefficient (Wildman–Crippen LogP) is 3.87. The van der Waals surface area contributed by atoms with Gasteiger partial charge in [0, 0.05) is 42.1 Å². The first kappa shape index (κ1) is 18.8. The van der Waals surface area contributed by atoms with Crippen LogP contribution in [-0.4, -0.2) is 31.7 Å². The number of amides is 1. The van der Waals surface area contributed by atoms with Crippen molar-refractivity contribution >= 4 is 16.8 Å². The van der Waals surface area contributed by atoms with E-state index in [4.69, 9.17) is 4.98 Å². The molecule has 146 valence electrons. The fraction of sp³-hybridized carbons (Fsp3) is 0.217. The maximum Gasteiger partial charge on any atom is 0.252 e.